The molecule has 0 radical (unpaired) electrons. The molecule has 168 valence electrons. The van der Waals surface area contributed by atoms with Gasteiger partial charge in [0.1, 0.15) is 5.82 Å². The van der Waals surface area contributed by atoms with Crippen LogP contribution in [0, 0.1) is 5.82 Å². The third-order valence-corrected chi connectivity index (χ3v) is 7.20. The van der Waals surface area contributed by atoms with Crippen LogP contribution in [0.4, 0.5) is 10.3 Å². The number of nitrogens with one attached hydrogen (secondary N) is 2. The van der Waals surface area contributed by atoms with E-state index >= 15 is 0 Å². The van der Waals surface area contributed by atoms with Gasteiger partial charge >= 0.3 is 0 Å². The molecule has 0 amide bonds. The Morgan fingerprint density at radius 1 is 1.03 bits per heavy atom. The molecule has 0 saturated carbocycles. The Kier molecular flexibility index (Phi) is 6.41. The molecule has 2 N–H and O–H groups in total. The molecule has 4 aromatic rings. The first-order valence-electron chi connectivity index (χ1n) is 11.3. The van der Waals surface area contributed by atoms with Crippen LogP contribution in [-0.4, -0.2) is 28.0 Å². The summed E-state index contributed by atoms with van der Waals surface area (Å²) in [6, 6.07) is 18.8. The number of hydrogen-bond donors (Lipinski definition) is 2. The van der Waals surface area contributed by atoms with Gasteiger partial charge in [0, 0.05) is 17.7 Å². The molecule has 2 aromatic carbocycles. The van der Waals surface area contributed by atoms with Crippen molar-refractivity contribution in [1.29, 1.82) is 0 Å². The van der Waals surface area contributed by atoms with Crippen LogP contribution in [0.15, 0.2) is 66.9 Å². The molecule has 3 heterocycles. The second kappa shape index (κ2) is 9.77. The lowest BCUT2D eigenvalue weighted by molar-refractivity contribution is 0.459. The third kappa shape index (κ3) is 4.94. The predicted octanol–water partition coefficient (Wildman–Crippen LogP) is 6.05. The van der Waals surface area contributed by atoms with Crippen LogP contribution < -0.4 is 10.6 Å². The second-order valence-corrected chi connectivity index (χ2v) is 9.34. The Morgan fingerprint density at radius 3 is 2.64 bits per heavy atom. The second-order valence-electron chi connectivity index (χ2n) is 8.31. The summed E-state index contributed by atoms with van der Waals surface area (Å²) in [7, 11) is 0. The fourth-order valence-corrected chi connectivity index (χ4v) is 5.39. The predicted molar refractivity (Wildman–Crippen MR) is 132 cm³/mol. The minimum Gasteiger partial charge on any atom is -0.348 e. The number of rotatable bonds is 6. The highest BCUT2D eigenvalue weighted by Gasteiger charge is 2.23. The Bertz CT molecular complexity index is 1220. The van der Waals surface area contributed by atoms with E-state index in [-0.39, 0.29) is 11.9 Å². The number of aromatic nitrogens is 3. The fraction of sp³-hybridized carbons (Fsp3) is 0.269. The molecule has 0 aliphatic carbocycles. The standard InChI is InChI=1S/C26H26FN5S/c1-17(18-6-3-2-4-7-18)30-26-29-15-12-22(31-26)24-23(20-8-5-9-21(27)16-20)32-25(33-24)19-10-13-28-14-11-19/h2-9,12,15-17,19,28H,10-11,13-14H2,1H3,(H,29,30,31). The summed E-state index contributed by atoms with van der Waals surface area (Å²) in [5.74, 6) is 0.706. The van der Waals surface area contributed by atoms with Crippen LogP contribution in [0.3, 0.4) is 0 Å². The smallest absolute Gasteiger partial charge is 0.223 e. The van der Waals surface area contributed by atoms with Crippen molar-refractivity contribution in [2.24, 2.45) is 0 Å². The quantitative estimate of drug-likeness (QED) is 0.368. The van der Waals surface area contributed by atoms with Gasteiger partial charge in [-0.25, -0.2) is 19.3 Å². The molecule has 7 heteroatoms. The molecule has 5 rings (SSSR count). The topological polar surface area (TPSA) is 62.7 Å². The largest absolute Gasteiger partial charge is 0.348 e. The number of hydrogen-bond acceptors (Lipinski definition) is 6. The average Bonchev–Trinajstić information content (AvgIpc) is 3.31. The normalized spacial score (nSPS) is 15.3. The van der Waals surface area contributed by atoms with Crippen LogP contribution in [0.25, 0.3) is 21.8 Å². The molecule has 1 fully saturated rings. The van der Waals surface area contributed by atoms with Gasteiger partial charge in [0.15, 0.2) is 0 Å². The van der Waals surface area contributed by atoms with Crippen molar-refractivity contribution in [3.8, 4) is 21.8 Å². The van der Waals surface area contributed by atoms with Crippen molar-refractivity contribution in [2.45, 2.75) is 31.7 Å². The van der Waals surface area contributed by atoms with Crippen molar-refractivity contribution < 1.29 is 4.39 Å². The van der Waals surface area contributed by atoms with Gasteiger partial charge in [-0.15, -0.1) is 11.3 Å². The summed E-state index contributed by atoms with van der Waals surface area (Å²) >= 11 is 1.66. The SMILES string of the molecule is CC(Nc1nccc(-c2sc(C3CCNCC3)nc2-c2cccc(F)c2)n1)c1ccccc1. The number of anilines is 1. The lowest BCUT2D eigenvalue weighted by Crippen LogP contribution is -2.26. The molecule has 1 saturated heterocycles. The van der Waals surface area contributed by atoms with E-state index in [1.54, 1.807) is 29.7 Å². The molecule has 1 atom stereocenters. The highest BCUT2D eigenvalue weighted by Crippen LogP contribution is 2.40. The van der Waals surface area contributed by atoms with Crippen molar-refractivity contribution in [3.63, 3.8) is 0 Å². The first-order valence-corrected chi connectivity index (χ1v) is 12.1. The lowest BCUT2D eigenvalue weighted by Gasteiger charge is -2.20. The minimum atomic E-state index is -0.267. The van der Waals surface area contributed by atoms with Gasteiger partial charge in [0.25, 0.3) is 0 Å². The summed E-state index contributed by atoms with van der Waals surface area (Å²) in [5, 5.41) is 7.91. The Balaban J connectivity index is 1.51. The maximum Gasteiger partial charge on any atom is 0.223 e. The molecule has 1 aliphatic rings. The molecular formula is C26H26FN5S. The van der Waals surface area contributed by atoms with Crippen LogP contribution in [-0.2, 0) is 0 Å². The van der Waals surface area contributed by atoms with Crippen molar-refractivity contribution >= 4 is 17.3 Å². The van der Waals surface area contributed by atoms with Gasteiger partial charge in [0.05, 0.1) is 27.3 Å². The summed E-state index contributed by atoms with van der Waals surface area (Å²) in [5.41, 5.74) is 3.52. The molecule has 5 nitrogen and oxygen atoms in total. The van der Waals surface area contributed by atoms with E-state index < -0.39 is 0 Å². The first-order chi connectivity index (χ1) is 16.2. The van der Waals surface area contributed by atoms with Gasteiger partial charge in [0.2, 0.25) is 5.95 Å². The Labute approximate surface area is 197 Å². The van der Waals surface area contributed by atoms with Crippen molar-refractivity contribution in [2.75, 3.05) is 18.4 Å². The summed E-state index contributed by atoms with van der Waals surface area (Å²) < 4.78 is 14.0. The highest BCUT2D eigenvalue weighted by atomic mass is 32.1. The minimum absolute atomic E-state index is 0.0656. The summed E-state index contributed by atoms with van der Waals surface area (Å²) in [6.07, 6.45) is 3.88. The zero-order valence-corrected chi connectivity index (χ0v) is 19.3. The number of benzene rings is 2. The molecule has 0 spiro atoms. The molecule has 0 bridgehead atoms. The zero-order chi connectivity index (χ0) is 22.6. The van der Waals surface area contributed by atoms with E-state index in [0.717, 1.165) is 58.3 Å². The third-order valence-electron chi connectivity index (χ3n) is 5.96. The van der Waals surface area contributed by atoms with Crippen LogP contribution in [0.2, 0.25) is 0 Å². The summed E-state index contributed by atoms with van der Waals surface area (Å²) in [6.45, 7) is 4.08. The number of nitrogens with zero attached hydrogens (tertiary/aromatic N) is 3. The van der Waals surface area contributed by atoms with Gasteiger partial charge in [-0.1, -0.05) is 42.5 Å². The number of piperidine rings is 1. The van der Waals surface area contributed by atoms with E-state index in [0.29, 0.717) is 11.9 Å². The van der Waals surface area contributed by atoms with Gasteiger partial charge < -0.3 is 10.6 Å². The maximum atomic E-state index is 14.0. The van der Waals surface area contributed by atoms with E-state index in [1.807, 2.05) is 30.3 Å². The molecule has 1 unspecified atom stereocenters. The monoisotopic (exact) mass is 459 g/mol. The van der Waals surface area contributed by atoms with Gasteiger partial charge in [-0.05, 0) is 56.6 Å². The van der Waals surface area contributed by atoms with Crippen LogP contribution >= 0.6 is 11.3 Å². The van der Waals surface area contributed by atoms with Gasteiger partial charge in [-0.2, -0.15) is 0 Å². The lowest BCUT2D eigenvalue weighted by atomic mass is 9.99. The van der Waals surface area contributed by atoms with Crippen LogP contribution in [0.5, 0.6) is 0 Å². The molecular weight excluding hydrogens is 433 g/mol. The number of thiazole rings is 1. The fourth-order valence-electron chi connectivity index (χ4n) is 4.16. The Morgan fingerprint density at radius 2 is 1.85 bits per heavy atom. The van der Waals surface area contributed by atoms with Crippen molar-refractivity contribution in [3.05, 3.63) is 83.2 Å². The van der Waals surface area contributed by atoms with E-state index in [4.69, 9.17) is 9.97 Å². The van der Waals surface area contributed by atoms with E-state index in [2.05, 4.69) is 34.7 Å². The zero-order valence-electron chi connectivity index (χ0n) is 18.5. The average molecular weight is 460 g/mol. The van der Waals surface area contributed by atoms with Gasteiger partial charge in [-0.3, -0.25) is 0 Å². The first kappa shape index (κ1) is 21.7. The molecule has 33 heavy (non-hydrogen) atoms. The highest BCUT2D eigenvalue weighted by molar-refractivity contribution is 7.15. The maximum absolute atomic E-state index is 14.0. The molecule has 1 aliphatic heterocycles. The molecule has 2 aromatic heterocycles. The van der Waals surface area contributed by atoms with E-state index in [1.165, 1.54) is 6.07 Å². The number of halogens is 1. The Hall–Kier alpha value is -3.16. The summed E-state index contributed by atoms with van der Waals surface area (Å²) in [4.78, 5) is 15.2. The van der Waals surface area contributed by atoms with E-state index in [9.17, 15) is 4.39 Å². The van der Waals surface area contributed by atoms with Crippen LogP contribution in [0.1, 0.15) is 42.3 Å². The van der Waals surface area contributed by atoms with Crippen molar-refractivity contribution in [1.82, 2.24) is 20.3 Å².